The summed E-state index contributed by atoms with van der Waals surface area (Å²) in [5.41, 5.74) is 0. The monoisotopic (exact) mass is 1060 g/mol. The van der Waals surface area contributed by atoms with E-state index in [1.54, 1.807) is 0 Å². The lowest BCUT2D eigenvalue weighted by Gasteiger charge is -2.42. The van der Waals surface area contributed by atoms with Crippen molar-refractivity contribution in [1.82, 2.24) is 0 Å². The molecule has 0 aromatic heterocycles. The van der Waals surface area contributed by atoms with E-state index in [1.165, 1.54) is 44.9 Å². The van der Waals surface area contributed by atoms with Crippen molar-refractivity contribution >= 4 is 5.97 Å². The van der Waals surface area contributed by atoms with E-state index in [4.69, 9.17) is 28.4 Å². The van der Waals surface area contributed by atoms with Crippen molar-refractivity contribution in [3.05, 3.63) is 97.2 Å². The topological polar surface area (TPSA) is 214 Å². The Labute approximate surface area is 452 Å². The van der Waals surface area contributed by atoms with Crippen LogP contribution in [0.1, 0.15) is 181 Å². The lowest BCUT2D eigenvalue weighted by Crippen LogP contribution is -2.61. The van der Waals surface area contributed by atoms with E-state index in [0.717, 1.165) is 109 Å². The highest BCUT2D eigenvalue weighted by Crippen LogP contribution is 2.26. The van der Waals surface area contributed by atoms with Crippen LogP contribution in [0.2, 0.25) is 0 Å². The SMILES string of the molecule is CC/C=C\C/C=C\C/C=C\C/C=C\C/C=C\CCCCCCCCCCCCOCC(COC1OC(COC2OC(CO)C(O)C(O)C2O)C(O)C(O)C1O)OC(=O)CCCCCCC/C=C\C/C=C\C/C=C\CC. The Morgan fingerprint density at radius 1 is 0.440 bits per heavy atom. The normalized spacial score (nSPS) is 25.3. The van der Waals surface area contributed by atoms with Gasteiger partial charge in [-0.3, -0.25) is 4.79 Å². The summed E-state index contributed by atoms with van der Waals surface area (Å²) in [5, 5.41) is 72.3. The first-order chi connectivity index (χ1) is 36.6. The van der Waals surface area contributed by atoms with Crippen molar-refractivity contribution in [2.75, 3.05) is 33.0 Å². The zero-order valence-electron chi connectivity index (χ0n) is 46.0. The van der Waals surface area contributed by atoms with Crippen LogP contribution in [0.4, 0.5) is 0 Å². The van der Waals surface area contributed by atoms with Gasteiger partial charge in [0.25, 0.3) is 0 Å². The molecule has 2 aliphatic heterocycles. The fraction of sp³-hybridized carbons (Fsp3) is 0.721. The number of esters is 1. The minimum atomic E-state index is -1.72. The highest BCUT2D eigenvalue weighted by molar-refractivity contribution is 5.69. The Morgan fingerprint density at radius 2 is 0.827 bits per heavy atom. The van der Waals surface area contributed by atoms with Crippen LogP contribution in [-0.4, -0.2) is 142 Å². The molecule has 0 aromatic carbocycles. The maximum atomic E-state index is 13.0. The number of carbonyl (C=O) groups is 1. The molecule has 0 bridgehead atoms. The van der Waals surface area contributed by atoms with Crippen LogP contribution in [0.15, 0.2) is 97.2 Å². The fourth-order valence-electron chi connectivity index (χ4n) is 8.50. The number of carbonyl (C=O) groups excluding carboxylic acids is 1. The molecule has 7 N–H and O–H groups in total. The van der Waals surface area contributed by atoms with Crippen LogP contribution in [0, 0.1) is 0 Å². The molecule has 2 saturated heterocycles. The van der Waals surface area contributed by atoms with Crippen LogP contribution < -0.4 is 0 Å². The molecule has 14 nitrogen and oxygen atoms in total. The molecule has 2 aliphatic rings. The second-order valence-electron chi connectivity index (χ2n) is 19.7. The largest absolute Gasteiger partial charge is 0.457 e. The van der Waals surface area contributed by atoms with Gasteiger partial charge in [-0.1, -0.05) is 182 Å². The zero-order valence-corrected chi connectivity index (χ0v) is 46.0. The van der Waals surface area contributed by atoms with Gasteiger partial charge in [-0.2, -0.15) is 0 Å². The van der Waals surface area contributed by atoms with E-state index in [2.05, 4.69) is 111 Å². The highest BCUT2D eigenvalue weighted by Gasteiger charge is 2.47. The number of unbranched alkanes of at least 4 members (excludes halogenated alkanes) is 15. The third kappa shape index (κ3) is 33.7. The Balaban J connectivity index is 1.70. The van der Waals surface area contributed by atoms with Gasteiger partial charge in [-0.25, -0.2) is 0 Å². The van der Waals surface area contributed by atoms with Gasteiger partial charge < -0.3 is 64.2 Å². The summed E-state index contributed by atoms with van der Waals surface area (Å²) < 4.78 is 34.3. The van der Waals surface area contributed by atoms with Gasteiger partial charge in [-0.15, -0.1) is 0 Å². The average molecular weight is 1060 g/mol. The van der Waals surface area contributed by atoms with Crippen molar-refractivity contribution in [3.63, 3.8) is 0 Å². The Morgan fingerprint density at radius 3 is 1.29 bits per heavy atom. The van der Waals surface area contributed by atoms with Gasteiger partial charge in [0.1, 0.15) is 54.9 Å². The highest BCUT2D eigenvalue weighted by atomic mass is 16.7. The summed E-state index contributed by atoms with van der Waals surface area (Å²) in [6, 6.07) is 0. The first-order valence-electron chi connectivity index (χ1n) is 28.8. The molecule has 0 saturated carbocycles. The number of aliphatic hydroxyl groups is 7. The summed E-state index contributed by atoms with van der Waals surface area (Å²) in [6.45, 7) is 3.41. The van der Waals surface area contributed by atoms with E-state index >= 15 is 0 Å². The minimum absolute atomic E-state index is 0.0453. The maximum Gasteiger partial charge on any atom is 0.306 e. The molecular formula is C61H102O14. The second-order valence-corrected chi connectivity index (χ2v) is 19.7. The average Bonchev–Trinajstić information content (AvgIpc) is 3.41. The number of allylic oxidation sites excluding steroid dienone is 16. The number of rotatable bonds is 45. The lowest BCUT2D eigenvalue weighted by atomic mass is 9.98. The van der Waals surface area contributed by atoms with Gasteiger partial charge in [-0.05, 0) is 89.9 Å². The van der Waals surface area contributed by atoms with Crippen molar-refractivity contribution in [3.8, 4) is 0 Å². The summed E-state index contributed by atoms with van der Waals surface area (Å²) in [4.78, 5) is 13.0. The van der Waals surface area contributed by atoms with Gasteiger partial charge >= 0.3 is 5.97 Å². The number of hydrogen-bond donors (Lipinski definition) is 7. The van der Waals surface area contributed by atoms with Crippen molar-refractivity contribution < 1.29 is 69.0 Å². The van der Waals surface area contributed by atoms with Crippen molar-refractivity contribution in [1.29, 1.82) is 0 Å². The molecule has 75 heavy (non-hydrogen) atoms. The molecule has 11 unspecified atom stereocenters. The van der Waals surface area contributed by atoms with E-state index in [1.807, 2.05) is 0 Å². The van der Waals surface area contributed by atoms with E-state index < -0.39 is 86.7 Å². The van der Waals surface area contributed by atoms with Crippen LogP contribution in [0.25, 0.3) is 0 Å². The number of hydrogen-bond acceptors (Lipinski definition) is 14. The van der Waals surface area contributed by atoms with Crippen LogP contribution in [-0.2, 0) is 33.2 Å². The smallest absolute Gasteiger partial charge is 0.306 e. The molecule has 2 rings (SSSR count). The summed E-state index contributed by atoms with van der Waals surface area (Å²) >= 11 is 0. The molecule has 14 heteroatoms. The molecule has 2 heterocycles. The van der Waals surface area contributed by atoms with Gasteiger partial charge in [0.15, 0.2) is 12.6 Å². The molecule has 0 spiro atoms. The third-order valence-electron chi connectivity index (χ3n) is 13.1. The van der Waals surface area contributed by atoms with E-state index in [0.29, 0.717) is 13.0 Å². The Hall–Kier alpha value is -3.09. The van der Waals surface area contributed by atoms with Gasteiger partial charge in [0.2, 0.25) is 0 Å². The van der Waals surface area contributed by atoms with Crippen LogP contribution >= 0.6 is 0 Å². The van der Waals surface area contributed by atoms with Gasteiger partial charge in [0.05, 0.1) is 26.4 Å². The standard InChI is InChI=1S/C61H102O14/c1-3-5-7-9-11-13-15-17-19-20-21-22-23-24-25-26-27-28-29-31-33-35-37-39-41-43-45-70-47-50(73-53(63)44-42-40-38-36-34-32-30-18-16-14-12-10-8-6-4-2)48-71-60-59(69)57(67)55(65)52(75-60)49-72-61-58(68)56(66)54(64)51(46-62)74-61/h5-8,11-14,17-19,21-22,24-25,30,50-52,54-62,64-69H,3-4,9-10,15-16,20,23,26-29,31-49H2,1-2H3/b7-5-,8-6-,13-11-,14-12-,19-17-,22-21-,25-24-,30-18-. The molecule has 0 aromatic rings. The zero-order chi connectivity index (χ0) is 54.4. The van der Waals surface area contributed by atoms with Gasteiger partial charge in [0, 0.05) is 13.0 Å². The molecular weight excluding hydrogens is 957 g/mol. The number of aliphatic hydroxyl groups excluding tert-OH is 7. The molecule has 11 atom stereocenters. The van der Waals surface area contributed by atoms with Crippen LogP contribution in [0.5, 0.6) is 0 Å². The Bertz CT molecular complexity index is 1610. The third-order valence-corrected chi connectivity index (χ3v) is 13.1. The molecule has 430 valence electrons. The van der Waals surface area contributed by atoms with Crippen molar-refractivity contribution in [2.24, 2.45) is 0 Å². The fourth-order valence-corrected chi connectivity index (χ4v) is 8.50. The summed E-state index contributed by atoms with van der Waals surface area (Å²) in [5.74, 6) is -0.398. The molecule has 2 fully saturated rings. The van der Waals surface area contributed by atoms with Crippen molar-refractivity contribution in [2.45, 2.75) is 248 Å². The summed E-state index contributed by atoms with van der Waals surface area (Å²) in [6.07, 6.45) is 46.1. The second kappa shape index (κ2) is 47.0. The Kier molecular flexibility index (Phi) is 42.6. The van der Waals surface area contributed by atoms with E-state index in [9.17, 15) is 40.5 Å². The first kappa shape index (κ1) is 68.0. The first-order valence-corrected chi connectivity index (χ1v) is 28.8. The minimum Gasteiger partial charge on any atom is -0.457 e. The van der Waals surface area contributed by atoms with Crippen LogP contribution in [0.3, 0.4) is 0 Å². The van der Waals surface area contributed by atoms with E-state index in [-0.39, 0.29) is 19.6 Å². The lowest BCUT2D eigenvalue weighted by molar-refractivity contribution is -0.332. The summed E-state index contributed by atoms with van der Waals surface area (Å²) in [7, 11) is 0. The molecule has 0 radical (unpaired) electrons. The quantitative estimate of drug-likeness (QED) is 0.0172. The number of ether oxygens (including phenoxy) is 6. The molecule has 0 aliphatic carbocycles. The predicted molar refractivity (Wildman–Crippen MR) is 298 cm³/mol. The predicted octanol–water partition coefficient (Wildman–Crippen LogP) is 10.2. The maximum absolute atomic E-state index is 13.0. The molecule has 0 amide bonds.